The van der Waals surface area contributed by atoms with Crippen LogP contribution in [-0.4, -0.2) is 74.2 Å². The van der Waals surface area contributed by atoms with Crippen LogP contribution >= 0.6 is 45.7 Å². The Morgan fingerprint density at radius 1 is 0.763 bits per heavy atom. The highest BCUT2D eigenvalue weighted by molar-refractivity contribution is 14.1. The van der Waals surface area contributed by atoms with Crippen LogP contribution in [0, 0.1) is 0 Å². The lowest BCUT2D eigenvalue weighted by molar-refractivity contribution is -0.125. The Balaban J connectivity index is 4.53. The normalized spacial score (nSPS) is 12.5. The third kappa shape index (κ3) is 21.1. The fourth-order valence-corrected chi connectivity index (χ4v) is 3.86. The number of halogens is 2. The summed E-state index contributed by atoms with van der Waals surface area (Å²) in [5, 5.41) is 9.28. The Labute approximate surface area is 255 Å². The molecule has 0 aromatic carbocycles. The van der Waals surface area contributed by atoms with Crippen molar-refractivity contribution < 1.29 is 28.7 Å². The number of nitrogens with one attached hydrogen (secondary N) is 5. The van der Waals surface area contributed by atoms with Gasteiger partial charge < -0.3 is 25.4 Å². The average Bonchev–Trinajstić information content (AvgIpc) is 2.87. The lowest BCUT2D eigenvalue weighted by Gasteiger charge is -2.29. The summed E-state index contributed by atoms with van der Waals surface area (Å²) in [6, 6.07) is -0.0975. The van der Waals surface area contributed by atoms with E-state index in [2.05, 4.69) is 36.9 Å². The van der Waals surface area contributed by atoms with Gasteiger partial charge in [-0.2, -0.15) is 0 Å². The first-order chi connectivity index (χ1) is 17.8. The molecule has 4 amide bonds. The fourth-order valence-electron chi connectivity index (χ4n) is 3.32. The van der Waals surface area contributed by atoms with Gasteiger partial charge >= 0.3 is 0 Å². The first-order valence-electron chi connectivity index (χ1n) is 13.1. The molecule has 0 aromatic rings. The number of unbranched alkanes of at least 4 members (excludes halogenated alkanes) is 1. The van der Waals surface area contributed by atoms with Gasteiger partial charge in [-0.1, -0.05) is 0 Å². The van der Waals surface area contributed by atoms with Crippen LogP contribution in [0.25, 0.3) is 0 Å². The van der Waals surface area contributed by atoms with Crippen LogP contribution in [0.2, 0.25) is 0 Å². The Kier molecular flexibility index (Phi) is 20.6. The summed E-state index contributed by atoms with van der Waals surface area (Å²) in [7, 11) is 1.70. The van der Waals surface area contributed by atoms with Crippen LogP contribution in [0.4, 0.5) is 0 Å². The van der Waals surface area contributed by atoms with E-state index < -0.39 is 0 Å². The van der Waals surface area contributed by atoms with E-state index in [-0.39, 0.29) is 66.6 Å². The lowest BCUT2D eigenvalue weighted by Crippen LogP contribution is -2.43. The van der Waals surface area contributed by atoms with Crippen molar-refractivity contribution in [2.45, 2.75) is 103 Å². The summed E-state index contributed by atoms with van der Waals surface area (Å²) in [5.74, 6) is -0.671. The summed E-state index contributed by atoms with van der Waals surface area (Å²) in [6.07, 6.45) is 4.50. The minimum absolute atomic E-state index is 0.0975. The molecule has 0 radical (unpaired) electrons. The third-order valence-corrected chi connectivity index (χ3v) is 7.28. The van der Waals surface area contributed by atoms with Gasteiger partial charge in [-0.05, 0) is 66.3 Å². The SMILES string of the molecule is COC(C)(C)CCOC(C)(C)CCNCC(CCCCNC(=O)CCC(=O)NI)NC(=O)CCC(=O)NI. The smallest absolute Gasteiger partial charge is 0.229 e. The second kappa shape index (κ2) is 21.0. The molecule has 0 aliphatic heterocycles. The molecular weight excluding hydrogens is 720 g/mol. The number of amides is 4. The molecule has 11 nitrogen and oxygen atoms in total. The minimum atomic E-state index is -0.294. The van der Waals surface area contributed by atoms with Crippen LogP contribution in [0.5, 0.6) is 0 Å². The maximum atomic E-state index is 12.4. The highest BCUT2D eigenvalue weighted by atomic mass is 127. The van der Waals surface area contributed by atoms with E-state index in [4.69, 9.17) is 9.47 Å². The lowest BCUT2D eigenvalue weighted by atomic mass is 10.0. The van der Waals surface area contributed by atoms with Crippen molar-refractivity contribution >= 4 is 69.4 Å². The van der Waals surface area contributed by atoms with Crippen molar-refractivity contribution in [3.05, 3.63) is 0 Å². The van der Waals surface area contributed by atoms with Gasteiger partial charge in [0.05, 0.1) is 63.5 Å². The van der Waals surface area contributed by atoms with Crippen molar-refractivity contribution in [1.29, 1.82) is 0 Å². The van der Waals surface area contributed by atoms with Gasteiger partial charge in [0.2, 0.25) is 23.6 Å². The average molecular weight is 767 g/mol. The number of hydrogen-bond donors (Lipinski definition) is 5. The second-order valence-electron chi connectivity index (χ2n) is 10.4. The molecule has 1 unspecified atom stereocenters. The van der Waals surface area contributed by atoms with E-state index in [1.165, 1.54) is 0 Å². The van der Waals surface area contributed by atoms with Crippen LogP contribution < -0.4 is 23.0 Å². The van der Waals surface area contributed by atoms with Crippen LogP contribution in [0.15, 0.2) is 0 Å². The van der Waals surface area contributed by atoms with E-state index in [1.807, 2.05) is 13.8 Å². The zero-order chi connectivity index (χ0) is 29.0. The monoisotopic (exact) mass is 767 g/mol. The third-order valence-electron chi connectivity index (χ3n) is 6.08. The highest BCUT2D eigenvalue weighted by Gasteiger charge is 2.22. The summed E-state index contributed by atoms with van der Waals surface area (Å²) in [6.45, 7) is 10.6. The molecule has 0 rings (SSSR count). The predicted molar refractivity (Wildman–Crippen MR) is 165 cm³/mol. The largest absolute Gasteiger partial charge is 0.379 e. The van der Waals surface area contributed by atoms with E-state index >= 15 is 0 Å². The van der Waals surface area contributed by atoms with Crippen LogP contribution in [-0.2, 0) is 28.7 Å². The van der Waals surface area contributed by atoms with Gasteiger partial charge in [-0.15, -0.1) is 0 Å². The van der Waals surface area contributed by atoms with E-state index in [0.29, 0.717) is 19.7 Å². The molecule has 0 heterocycles. The zero-order valence-electron chi connectivity index (χ0n) is 23.5. The van der Waals surface area contributed by atoms with Crippen molar-refractivity contribution in [2.24, 2.45) is 0 Å². The Morgan fingerprint density at radius 3 is 1.92 bits per heavy atom. The number of hydrogen-bond acceptors (Lipinski definition) is 7. The second-order valence-corrected chi connectivity index (χ2v) is 11.5. The summed E-state index contributed by atoms with van der Waals surface area (Å²) < 4.78 is 16.5. The molecule has 1 atom stereocenters. The maximum absolute atomic E-state index is 12.4. The molecular formula is C25H47I2N5O6. The van der Waals surface area contributed by atoms with Crippen molar-refractivity contribution in [1.82, 2.24) is 23.0 Å². The van der Waals surface area contributed by atoms with E-state index in [9.17, 15) is 19.2 Å². The van der Waals surface area contributed by atoms with Crippen molar-refractivity contribution in [3.8, 4) is 0 Å². The molecule has 13 heteroatoms. The molecule has 0 fully saturated rings. The molecule has 0 aliphatic rings. The van der Waals surface area contributed by atoms with Gasteiger partial charge in [0, 0.05) is 51.9 Å². The number of carbonyl (C=O) groups is 4. The molecule has 222 valence electrons. The van der Waals surface area contributed by atoms with Gasteiger partial charge in [0.25, 0.3) is 0 Å². The van der Waals surface area contributed by atoms with Crippen molar-refractivity contribution in [2.75, 3.05) is 33.4 Å². The Hall–Kier alpha value is -0.780. The standard InChI is InChI=1S/C25H47I2N5O6/c1-24(2,37-5)14-17-38-25(3,4)13-16-28-18-19(30-21(34)10-12-23(36)32-27)8-6-7-15-29-20(33)9-11-22(35)31-26/h19,28H,6-18H2,1-5H3,(H,29,33)(H,30,34)(H,31,35)(H,32,36). The molecule has 0 bridgehead atoms. The van der Waals surface area contributed by atoms with Crippen LogP contribution in [0.1, 0.15) is 85.5 Å². The van der Waals surface area contributed by atoms with Gasteiger partial charge in [-0.3, -0.25) is 26.2 Å². The molecule has 0 saturated carbocycles. The number of methoxy groups -OCH3 is 1. The predicted octanol–water partition coefficient (Wildman–Crippen LogP) is 2.84. The molecule has 0 aliphatic carbocycles. The molecule has 5 N–H and O–H groups in total. The molecule has 38 heavy (non-hydrogen) atoms. The Bertz CT molecular complexity index is 724. The maximum Gasteiger partial charge on any atom is 0.229 e. The van der Waals surface area contributed by atoms with Crippen LogP contribution in [0.3, 0.4) is 0 Å². The topological polar surface area (TPSA) is 147 Å². The zero-order valence-corrected chi connectivity index (χ0v) is 27.8. The number of ether oxygens (including phenoxy) is 2. The number of carbonyl (C=O) groups excluding carboxylic acids is 4. The number of rotatable bonds is 22. The molecule has 0 spiro atoms. The van der Waals surface area contributed by atoms with Crippen molar-refractivity contribution in [3.63, 3.8) is 0 Å². The quantitative estimate of drug-likeness (QED) is 0.0648. The molecule has 0 saturated heterocycles. The Morgan fingerprint density at radius 2 is 1.34 bits per heavy atom. The summed E-state index contributed by atoms with van der Waals surface area (Å²) in [4.78, 5) is 46.9. The first-order valence-corrected chi connectivity index (χ1v) is 15.2. The summed E-state index contributed by atoms with van der Waals surface area (Å²) in [5.41, 5.74) is -0.511. The molecule has 0 aromatic heterocycles. The summed E-state index contributed by atoms with van der Waals surface area (Å²) >= 11 is 3.51. The van der Waals surface area contributed by atoms with E-state index in [0.717, 1.165) is 38.6 Å². The van der Waals surface area contributed by atoms with E-state index in [1.54, 1.807) is 52.8 Å². The minimum Gasteiger partial charge on any atom is -0.379 e. The first kappa shape index (κ1) is 37.2. The van der Waals surface area contributed by atoms with Gasteiger partial charge in [-0.25, -0.2) is 0 Å². The van der Waals surface area contributed by atoms with Gasteiger partial charge in [0.15, 0.2) is 0 Å². The highest BCUT2D eigenvalue weighted by Crippen LogP contribution is 2.18. The fraction of sp³-hybridized carbons (Fsp3) is 0.840. The van der Waals surface area contributed by atoms with Gasteiger partial charge in [0.1, 0.15) is 0 Å².